The summed E-state index contributed by atoms with van der Waals surface area (Å²) in [6, 6.07) is 4.68. The summed E-state index contributed by atoms with van der Waals surface area (Å²) in [5, 5.41) is 0.201. The van der Waals surface area contributed by atoms with E-state index < -0.39 is 5.97 Å². The van der Waals surface area contributed by atoms with Crippen LogP contribution in [0.5, 0.6) is 0 Å². The molecule has 0 aliphatic rings. The molecule has 0 saturated carbocycles. The Hall–Kier alpha value is -1.06. The number of rotatable bonds is 4. The molecule has 1 aromatic carbocycles. The van der Waals surface area contributed by atoms with E-state index in [-0.39, 0.29) is 34.2 Å². The average molecular weight is 261 g/mol. The molecule has 0 amide bonds. The highest BCUT2D eigenvalue weighted by molar-refractivity contribution is 6.34. The summed E-state index contributed by atoms with van der Waals surface area (Å²) >= 11 is 11.3. The Morgan fingerprint density at radius 3 is 2.62 bits per heavy atom. The van der Waals surface area contributed by atoms with Gasteiger partial charge in [0.1, 0.15) is 0 Å². The molecule has 0 aliphatic heterocycles. The number of methoxy groups -OCH3 is 1. The molecule has 0 fully saturated rings. The molecule has 0 N–H and O–H groups in total. The fourth-order valence-electron chi connectivity index (χ4n) is 1.29. The van der Waals surface area contributed by atoms with Gasteiger partial charge in [0, 0.05) is 17.9 Å². The Morgan fingerprint density at radius 2 is 2.06 bits per heavy atom. The van der Waals surface area contributed by atoms with Gasteiger partial charge in [-0.3, -0.25) is 4.79 Å². The molecule has 1 aromatic rings. The van der Waals surface area contributed by atoms with E-state index in [0.717, 1.165) is 0 Å². The van der Waals surface area contributed by atoms with Gasteiger partial charge in [-0.05, 0) is 6.07 Å². The summed E-state index contributed by atoms with van der Waals surface area (Å²) in [5.74, 6) is -0.646. The monoisotopic (exact) mass is 260 g/mol. The number of Topliss-reactive ketones (excluding diaryl/α,β-unsaturated/α-hetero) is 1. The van der Waals surface area contributed by atoms with Crippen LogP contribution in [0.15, 0.2) is 18.2 Å². The lowest BCUT2D eigenvalue weighted by Gasteiger charge is -2.07. The van der Waals surface area contributed by atoms with Crippen molar-refractivity contribution in [1.29, 1.82) is 0 Å². The van der Waals surface area contributed by atoms with Gasteiger partial charge in [-0.25, -0.2) is 4.79 Å². The van der Waals surface area contributed by atoms with Crippen molar-refractivity contribution in [2.45, 2.75) is 6.42 Å². The van der Waals surface area contributed by atoms with Gasteiger partial charge in [0.05, 0.1) is 17.7 Å². The second-order valence-corrected chi connectivity index (χ2v) is 3.80. The van der Waals surface area contributed by atoms with E-state index in [0.29, 0.717) is 0 Å². The van der Waals surface area contributed by atoms with Gasteiger partial charge in [-0.15, -0.1) is 11.6 Å². The lowest BCUT2D eigenvalue weighted by molar-refractivity contribution is 0.0597. The minimum Gasteiger partial charge on any atom is -0.465 e. The molecule has 1 rings (SSSR count). The lowest BCUT2D eigenvalue weighted by atomic mass is 10.0. The molecular weight excluding hydrogens is 251 g/mol. The van der Waals surface area contributed by atoms with E-state index >= 15 is 0 Å². The van der Waals surface area contributed by atoms with Gasteiger partial charge >= 0.3 is 5.97 Å². The second-order valence-electron chi connectivity index (χ2n) is 3.02. The highest BCUT2D eigenvalue weighted by Gasteiger charge is 2.20. The first kappa shape index (κ1) is 13.0. The zero-order valence-electron chi connectivity index (χ0n) is 8.63. The van der Waals surface area contributed by atoms with Crippen LogP contribution in [0.2, 0.25) is 5.02 Å². The zero-order chi connectivity index (χ0) is 12.1. The molecule has 0 spiro atoms. The van der Waals surface area contributed by atoms with Crippen molar-refractivity contribution in [3.05, 3.63) is 34.3 Å². The van der Waals surface area contributed by atoms with E-state index in [1.165, 1.54) is 19.2 Å². The van der Waals surface area contributed by atoms with Crippen molar-refractivity contribution in [3.63, 3.8) is 0 Å². The van der Waals surface area contributed by atoms with Crippen molar-refractivity contribution < 1.29 is 14.3 Å². The summed E-state index contributed by atoms with van der Waals surface area (Å²) in [4.78, 5) is 23.2. The average Bonchev–Trinajstić information content (AvgIpc) is 2.28. The van der Waals surface area contributed by atoms with Gasteiger partial charge in [-0.2, -0.15) is 0 Å². The molecule has 0 aromatic heterocycles. The molecule has 16 heavy (non-hydrogen) atoms. The molecule has 0 aliphatic carbocycles. The molecular formula is C11H10Cl2O3. The van der Waals surface area contributed by atoms with Crippen molar-refractivity contribution in [2.24, 2.45) is 0 Å². The fourth-order valence-corrected chi connectivity index (χ4v) is 1.71. The number of benzene rings is 1. The van der Waals surface area contributed by atoms with Crippen molar-refractivity contribution in [3.8, 4) is 0 Å². The number of esters is 1. The molecule has 0 heterocycles. The molecule has 0 saturated heterocycles. The summed E-state index contributed by atoms with van der Waals surface area (Å²) in [5.41, 5.74) is 0.349. The second kappa shape index (κ2) is 5.87. The third-order valence-corrected chi connectivity index (χ3v) is 2.53. The van der Waals surface area contributed by atoms with E-state index in [4.69, 9.17) is 23.2 Å². The maximum Gasteiger partial charge on any atom is 0.340 e. The first-order valence-electron chi connectivity index (χ1n) is 4.57. The first-order chi connectivity index (χ1) is 7.61. The van der Waals surface area contributed by atoms with Crippen molar-refractivity contribution in [2.75, 3.05) is 13.0 Å². The van der Waals surface area contributed by atoms with Crippen LogP contribution in [0.25, 0.3) is 0 Å². The van der Waals surface area contributed by atoms with Gasteiger partial charge < -0.3 is 4.74 Å². The van der Waals surface area contributed by atoms with Gasteiger partial charge in [0.2, 0.25) is 0 Å². The number of carbonyl (C=O) groups excluding carboxylic acids is 2. The molecule has 3 nitrogen and oxygen atoms in total. The van der Waals surface area contributed by atoms with Gasteiger partial charge in [0.15, 0.2) is 5.78 Å². The number of hydrogen-bond donors (Lipinski definition) is 0. The number of carbonyl (C=O) groups is 2. The Morgan fingerprint density at radius 1 is 1.38 bits per heavy atom. The van der Waals surface area contributed by atoms with Crippen LogP contribution >= 0.6 is 23.2 Å². The SMILES string of the molecule is COC(=O)c1c(Cl)cccc1C(=O)CCCl. The van der Waals surface area contributed by atoms with Crippen LogP contribution in [-0.4, -0.2) is 24.7 Å². The smallest absolute Gasteiger partial charge is 0.340 e. The zero-order valence-corrected chi connectivity index (χ0v) is 10.1. The number of ketones is 1. The maximum atomic E-state index is 11.7. The molecule has 86 valence electrons. The van der Waals surface area contributed by atoms with Crippen LogP contribution < -0.4 is 0 Å². The van der Waals surface area contributed by atoms with E-state index in [1.54, 1.807) is 6.07 Å². The Bertz CT molecular complexity index is 416. The Balaban J connectivity index is 3.22. The fraction of sp³-hybridized carbons (Fsp3) is 0.273. The minimum absolute atomic E-state index is 0.0989. The summed E-state index contributed by atoms with van der Waals surface area (Å²) < 4.78 is 4.58. The number of ether oxygens (including phenoxy) is 1. The standard InChI is InChI=1S/C11H10Cl2O3/c1-16-11(15)10-7(9(14)5-6-12)3-2-4-8(10)13/h2-4H,5-6H2,1H3. The topological polar surface area (TPSA) is 43.4 Å². The Labute approximate surface area is 103 Å². The van der Waals surface area contributed by atoms with Crippen LogP contribution in [0.4, 0.5) is 0 Å². The Kier molecular flexibility index (Phi) is 4.77. The van der Waals surface area contributed by atoms with E-state index in [9.17, 15) is 9.59 Å². The predicted molar refractivity (Wildman–Crippen MR) is 62.5 cm³/mol. The third kappa shape index (κ3) is 2.74. The van der Waals surface area contributed by atoms with E-state index in [1.807, 2.05) is 0 Å². The van der Waals surface area contributed by atoms with Crippen LogP contribution in [0.1, 0.15) is 27.1 Å². The number of hydrogen-bond acceptors (Lipinski definition) is 3. The maximum absolute atomic E-state index is 11.7. The highest BCUT2D eigenvalue weighted by Crippen LogP contribution is 2.22. The largest absolute Gasteiger partial charge is 0.465 e. The summed E-state index contributed by atoms with van der Waals surface area (Å²) in [7, 11) is 1.24. The van der Waals surface area contributed by atoms with Gasteiger partial charge in [-0.1, -0.05) is 23.7 Å². The lowest BCUT2D eigenvalue weighted by Crippen LogP contribution is -2.11. The molecule has 0 radical (unpaired) electrons. The minimum atomic E-state index is -0.622. The quantitative estimate of drug-likeness (QED) is 0.475. The summed E-state index contributed by atoms with van der Waals surface area (Å²) in [6.07, 6.45) is 0.159. The van der Waals surface area contributed by atoms with Crippen LogP contribution in [0, 0.1) is 0 Å². The predicted octanol–water partition coefficient (Wildman–Crippen LogP) is 2.94. The molecule has 0 bridgehead atoms. The van der Waals surface area contributed by atoms with E-state index in [2.05, 4.69) is 4.74 Å². The van der Waals surface area contributed by atoms with Crippen LogP contribution in [-0.2, 0) is 4.74 Å². The first-order valence-corrected chi connectivity index (χ1v) is 5.49. The normalized spacial score (nSPS) is 9.94. The number of halogens is 2. The molecule has 0 atom stereocenters. The molecule has 0 unspecified atom stereocenters. The highest BCUT2D eigenvalue weighted by atomic mass is 35.5. The molecule has 5 heteroatoms. The third-order valence-electron chi connectivity index (χ3n) is 2.03. The van der Waals surface area contributed by atoms with Crippen LogP contribution in [0.3, 0.4) is 0 Å². The van der Waals surface area contributed by atoms with Crippen molar-refractivity contribution >= 4 is 35.0 Å². The van der Waals surface area contributed by atoms with Crippen molar-refractivity contribution in [1.82, 2.24) is 0 Å². The van der Waals surface area contributed by atoms with Gasteiger partial charge in [0.25, 0.3) is 0 Å². The number of alkyl halides is 1. The summed E-state index contributed by atoms with van der Waals surface area (Å²) in [6.45, 7) is 0.